The number of hydrogen-bond donors (Lipinski definition) is 2. The van der Waals surface area contributed by atoms with Crippen LogP contribution in [-0.2, 0) is 4.74 Å². The van der Waals surface area contributed by atoms with E-state index < -0.39 is 0 Å². The van der Waals surface area contributed by atoms with E-state index in [9.17, 15) is 4.79 Å². The fraction of sp³-hybridized carbons (Fsp3) is 0.562. The van der Waals surface area contributed by atoms with E-state index in [0.717, 1.165) is 30.9 Å². The van der Waals surface area contributed by atoms with E-state index in [-0.39, 0.29) is 18.2 Å². The van der Waals surface area contributed by atoms with Crippen molar-refractivity contribution >= 4 is 17.4 Å². The number of carbonyl (C=O) groups is 1. The van der Waals surface area contributed by atoms with Crippen molar-refractivity contribution in [1.82, 2.24) is 5.32 Å². The monoisotopic (exact) mass is 291 g/mol. The van der Waals surface area contributed by atoms with Gasteiger partial charge in [-0.15, -0.1) is 0 Å². The SMILES string of the molecule is CCCNC(=O)Nc1ccc(N2C[C@H](C)O[C@@H](C)C2)cc1. The van der Waals surface area contributed by atoms with Crippen molar-refractivity contribution in [2.24, 2.45) is 0 Å². The Kier molecular flexibility index (Phi) is 5.44. The van der Waals surface area contributed by atoms with Gasteiger partial charge in [-0.2, -0.15) is 0 Å². The van der Waals surface area contributed by atoms with Crippen molar-refractivity contribution in [2.75, 3.05) is 29.9 Å². The summed E-state index contributed by atoms with van der Waals surface area (Å²) in [5.74, 6) is 0. The van der Waals surface area contributed by atoms with Crippen LogP contribution in [0.5, 0.6) is 0 Å². The first-order valence-electron chi connectivity index (χ1n) is 7.63. The third kappa shape index (κ3) is 4.63. The summed E-state index contributed by atoms with van der Waals surface area (Å²) in [6.07, 6.45) is 1.41. The zero-order chi connectivity index (χ0) is 15.2. The average molecular weight is 291 g/mol. The Morgan fingerprint density at radius 2 is 1.86 bits per heavy atom. The molecule has 1 heterocycles. The molecular weight excluding hydrogens is 266 g/mol. The van der Waals surface area contributed by atoms with Gasteiger partial charge in [-0.05, 0) is 44.5 Å². The fourth-order valence-electron chi connectivity index (χ4n) is 2.56. The van der Waals surface area contributed by atoms with E-state index >= 15 is 0 Å². The van der Waals surface area contributed by atoms with Crippen molar-refractivity contribution in [3.8, 4) is 0 Å². The molecule has 0 spiro atoms. The number of nitrogens with one attached hydrogen (secondary N) is 2. The lowest BCUT2D eigenvalue weighted by atomic mass is 10.2. The molecule has 1 aromatic rings. The predicted octanol–water partition coefficient (Wildman–Crippen LogP) is 2.83. The van der Waals surface area contributed by atoms with Gasteiger partial charge in [-0.3, -0.25) is 0 Å². The quantitative estimate of drug-likeness (QED) is 0.897. The van der Waals surface area contributed by atoms with Crippen molar-refractivity contribution in [3.05, 3.63) is 24.3 Å². The standard InChI is InChI=1S/C16H25N3O2/c1-4-9-17-16(20)18-14-5-7-15(8-6-14)19-10-12(2)21-13(3)11-19/h5-8,12-13H,4,9-11H2,1-3H3,(H2,17,18,20)/t12-,13-/m0/s1. The third-order valence-electron chi connectivity index (χ3n) is 3.45. The summed E-state index contributed by atoms with van der Waals surface area (Å²) >= 11 is 0. The number of morpholine rings is 1. The summed E-state index contributed by atoms with van der Waals surface area (Å²) in [5.41, 5.74) is 1.97. The lowest BCUT2D eigenvalue weighted by Gasteiger charge is -2.36. The molecule has 0 bridgehead atoms. The summed E-state index contributed by atoms with van der Waals surface area (Å²) < 4.78 is 5.74. The highest BCUT2D eigenvalue weighted by Gasteiger charge is 2.22. The minimum absolute atomic E-state index is 0.154. The summed E-state index contributed by atoms with van der Waals surface area (Å²) in [7, 11) is 0. The molecule has 1 aromatic carbocycles. The topological polar surface area (TPSA) is 53.6 Å². The lowest BCUT2D eigenvalue weighted by Crippen LogP contribution is -2.45. The smallest absolute Gasteiger partial charge is 0.319 e. The molecule has 1 aliphatic heterocycles. The second-order valence-corrected chi connectivity index (χ2v) is 5.59. The minimum atomic E-state index is -0.154. The lowest BCUT2D eigenvalue weighted by molar-refractivity contribution is -0.00521. The van der Waals surface area contributed by atoms with Gasteiger partial charge in [-0.25, -0.2) is 4.79 Å². The molecule has 2 rings (SSSR count). The molecule has 0 aliphatic carbocycles. The van der Waals surface area contributed by atoms with Gasteiger partial charge < -0.3 is 20.3 Å². The number of urea groups is 1. The first-order chi connectivity index (χ1) is 10.1. The number of nitrogens with zero attached hydrogens (tertiary/aromatic N) is 1. The molecule has 1 aliphatic rings. The van der Waals surface area contributed by atoms with Gasteiger partial charge in [0.25, 0.3) is 0 Å². The van der Waals surface area contributed by atoms with Crippen LogP contribution in [0.25, 0.3) is 0 Å². The molecule has 116 valence electrons. The molecular formula is C16H25N3O2. The molecule has 21 heavy (non-hydrogen) atoms. The first kappa shape index (κ1) is 15.6. The largest absolute Gasteiger partial charge is 0.372 e. The van der Waals surface area contributed by atoms with Gasteiger partial charge in [0.05, 0.1) is 12.2 Å². The maximum atomic E-state index is 11.6. The maximum absolute atomic E-state index is 11.6. The third-order valence-corrected chi connectivity index (χ3v) is 3.45. The van der Waals surface area contributed by atoms with E-state index in [4.69, 9.17) is 4.74 Å². The summed E-state index contributed by atoms with van der Waals surface area (Å²) in [4.78, 5) is 13.9. The van der Waals surface area contributed by atoms with E-state index in [1.165, 1.54) is 0 Å². The van der Waals surface area contributed by atoms with Crippen LogP contribution in [0.4, 0.5) is 16.2 Å². The van der Waals surface area contributed by atoms with E-state index in [0.29, 0.717) is 6.54 Å². The van der Waals surface area contributed by atoms with Crippen LogP contribution >= 0.6 is 0 Å². The highest BCUT2D eigenvalue weighted by Crippen LogP contribution is 2.22. The second-order valence-electron chi connectivity index (χ2n) is 5.59. The van der Waals surface area contributed by atoms with Gasteiger partial charge >= 0.3 is 6.03 Å². The molecule has 2 atom stereocenters. The molecule has 0 aromatic heterocycles. The first-order valence-corrected chi connectivity index (χ1v) is 7.63. The number of anilines is 2. The molecule has 1 fully saturated rings. The van der Waals surface area contributed by atoms with Crippen molar-refractivity contribution in [2.45, 2.75) is 39.4 Å². The van der Waals surface area contributed by atoms with Gasteiger partial charge in [0.2, 0.25) is 0 Å². The Labute approximate surface area is 126 Å². The zero-order valence-electron chi connectivity index (χ0n) is 13.1. The highest BCUT2D eigenvalue weighted by atomic mass is 16.5. The van der Waals surface area contributed by atoms with E-state index in [1.807, 2.05) is 31.2 Å². The molecule has 2 amide bonds. The van der Waals surface area contributed by atoms with Gasteiger partial charge in [0.1, 0.15) is 0 Å². The van der Waals surface area contributed by atoms with Crippen LogP contribution < -0.4 is 15.5 Å². The van der Waals surface area contributed by atoms with Crippen LogP contribution in [0.1, 0.15) is 27.2 Å². The normalized spacial score (nSPS) is 22.0. The number of hydrogen-bond acceptors (Lipinski definition) is 3. The molecule has 5 heteroatoms. The molecule has 0 radical (unpaired) electrons. The average Bonchev–Trinajstić information content (AvgIpc) is 2.45. The molecule has 5 nitrogen and oxygen atoms in total. The number of amides is 2. The predicted molar refractivity (Wildman–Crippen MR) is 86.0 cm³/mol. The van der Waals surface area contributed by atoms with Crippen LogP contribution in [0.3, 0.4) is 0 Å². The van der Waals surface area contributed by atoms with Crippen LogP contribution in [0.15, 0.2) is 24.3 Å². The summed E-state index contributed by atoms with van der Waals surface area (Å²) in [6.45, 7) is 8.70. The number of rotatable bonds is 4. The van der Waals surface area contributed by atoms with Crippen LogP contribution in [0, 0.1) is 0 Å². The Balaban J connectivity index is 1.94. The van der Waals surface area contributed by atoms with Crippen molar-refractivity contribution in [3.63, 3.8) is 0 Å². The molecule has 2 N–H and O–H groups in total. The van der Waals surface area contributed by atoms with E-state index in [1.54, 1.807) is 0 Å². The van der Waals surface area contributed by atoms with Crippen LogP contribution in [-0.4, -0.2) is 37.9 Å². The number of benzene rings is 1. The van der Waals surface area contributed by atoms with E-state index in [2.05, 4.69) is 29.4 Å². The van der Waals surface area contributed by atoms with Gasteiger partial charge in [0, 0.05) is 31.0 Å². The number of carbonyl (C=O) groups excluding carboxylic acids is 1. The maximum Gasteiger partial charge on any atom is 0.319 e. The van der Waals surface area contributed by atoms with Gasteiger partial charge in [-0.1, -0.05) is 6.92 Å². The van der Waals surface area contributed by atoms with Crippen molar-refractivity contribution in [1.29, 1.82) is 0 Å². The Hall–Kier alpha value is -1.75. The Morgan fingerprint density at radius 1 is 1.24 bits per heavy atom. The minimum Gasteiger partial charge on any atom is -0.372 e. The highest BCUT2D eigenvalue weighted by molar-refractivity contribution is 5.89. The molecule has 1 saturated heterocycles. The Morgan fingerprint density at radius 3 is 2.43 bits per heavy atom. The van der Waals surface area contributed by atoms with Crippen LogP contribution in [0.2, 0.25) is 0 Å². The number of ether oxygens (including phenoxy) is 1. The summed E-state index contributed by atoms with van der Waals surface area (Å²) in [5, 5.41) is 5.62. The second kappa shape index (κ2) is 7.31. The summed E-state index contributed by atoms with van der Waals surface area (Å²) in [6, 6.07) is 7.80. The molecule has 0 unspecified atom stereocenters. The molecule has 0 saturated carbocycles. The Bertz CT molecular complexity index is 451. The van der Waals surface area contributed by atoms with Crippen molar-refractivity contribution < 1.29 is 9.53 Å². The van der Waals surface area contributed by atoms with Gasteiger partial charge in [0.15, 0.2) is 0 Å². The fourth-order valence-corrected chi connectivity index (χ4v) is 2.56. The zero-order valence-corrected chi connectivity index (χ0v) is 13.1.